The first kappa shape index (κ1) is 14.6. The third-order valence-electron chi connectivity index (χ3n) is 4.03. The van der Waals surface area contributed by atoms with Crippen molar-refractivity contribution >= 4 is 28.8 Å². The van der Waals surface area contributed by atoms with Gasteiger partial charge >= 0.3 is 0 Å². The van der Waals surface area contributed by atoms with Crippen molar-refractivity contribution < 1.29 is 4.74 Å². The van der Waals surface area contributed by atoms with E-state index in [2.05, 4.69) is 22.8 Å². The summed E-state index contributed by atoms with van der Waals surface area (Å²) < 4.78 is 7.41. The maximum atomic E-state index is 6.18. The van der Waals surface area contributed by atoms with Crippen LogP contribution in [0.1, 0.15) is 16.1 Å². The number of rotatable bonds is 4. The molecular weight excluding hydrogens is 330 g/mol. The van der Waals surface area contributed by atoms with Crippen LogP contribution in [-0.4, -0.2) is 23.4 Å². The number of benzene rings is 1. The second-order valence-corrected chi connectivity index (χ2v) is 6.90. The van der Waals surface area contributed by atoms with Crippen LogP contribution in [0.5, 0.6) is 5.75 Å². The van der Waals surface area contributed by atoms with E-state index in [4.69, 9.17) is 21.4 Å². The van der Waals surface area contributed by atoms with Gasteiger partial charge in [-0.15, -0.1) is 11.3 Å². The molecule has 0 fully saturated rings. The van der Waals surface area contributed by atoms with Crippen molar-refractivity contribution in [3.05, 3.63) is 56.9 Å². The zero-order valence-electron chi connectivity index (χ0n) is 12.7. The summed E-state index contributed by atoms with van der Waals surface area (Å²) in [5, 5.41) is 11.1. The third-order valence-corrected chi connectivity index (χ3v) is 5.14. The van der Waals surface area contributed by atoms with Gasteiger partial charge in [0.05, 0.1) is 12.8 Å². The topological polar surface area (TPSA) is 39.1 Å². The summed E-state index contributed by atoms with van der Waals surface area (Å²) in [5.74, 6) is 1.81. The van der Waals surface area contributed by atoms with Crippen molar-refractivity contribution in [2.75, 3.05) is 19.0 Å². The zero-order valence-corrected chi connectivity index (χ0v) is 14.2. The van der Waals surface area contributed by atoms with Crippen molar-refractivity contribution in [3.8, 4) is 11.4 Å². The lowest BCUT2D eigenvalue weighted by Crippen LogP contribution is -2.06. The Hall–Kier alpha value is -1.98. The second kappa shape index (κ2) is 5.91. The normalized spacial score (nSPS) is 13.0. The van der Waals surface area contributed by atoms with E-state index in [0.29, 0.717) is 5.02 Å². The van der Waals surface area contributed by atoms with Crippen LogP contribution in [0.25, 0.3) is 5.69 Å². The number of aromatic nitrogens is 2. The highest BCUT2D eigenvalue weighted by Crippen LogP contribution is 2.34. The van der Waals surface area contributed by atoms with E-state index in [1.807, 2.05) is 22.9 Å². The number of anilines is 1. The first-order valence-corrected chi connectivity index (χ1v) is 8.73. The van der Waals surface area contributed by atoms with Gasteiger partial charge in [0, 0.05) is 28.4 Å². The summed E-state index contributed by atoms with van der Waals surface area (Å²) in [6, 6.07) is 9.82. The van der Waals surface area contributed by atoms with E-state index in [1.165, 1.54) is 10.4 Å². The maximum absolute atomic E-state index is 6.18. The van der Waals surface area contributed by atoms with Gasteiger partial charge in [0.1, 0.15) is 17.3 Å². The van der Waals surface area contributed by atoms with E-state index in [1.54, 1.807) is 18.4 Å². The average molecular weight is 346 g/mol. The van der Waals surface area contributed by atoms with Crippen LogP contribution in [0, 0.1) is 0 Å². The highest BCUT2D eigenvalue weighted by molar-refractivity contribution is 7.09. The van der Waals surface area contributed by atoms with Crippen LogP contribution >= 0.6 is 22.9 Å². The number of nitrogens with zero attached hydrogens (tertiary/aromatic N) is 2. The first-order chi connectivity index (χ1) is 11.3. The van der Waals surface area contributed by atoms with Gasteiger partial charge < -0.3 is 10.1 Å². The van der Waals surface area contributed by atoms with Crippen molar-refractivity contribution in [1.29, 1.82) is 0 Å². The predicted molar refractivity (Wildman–Crippen MR) is 94.4 cm³/mol. The molecule has 118 valence electrons. The molecule has 0 saturated heterocycles. The lowest BCUT2D eigenvalue weighted by molar-refractivity contribution is 0.412. The molecule has 0 saturated carbocycles. The lowest BCUT2D eigenvalue weighted by atomic mass is 10.1. The molecule has 1 N–H and O–H groups in total. The van der Waals surface area contributed by atoms with E-state index < -0.39 is 0 Å². The molecule has 1 aliphatic rings. The number of halogens is 1. The Morgan fingerprint density at radius 1 is 1.39 bits per heavy atom. The fraction of sp³-hybridized carbons (Fsp3) is 0.235. The number of ether oxygens (including phenoxy) is 1. The minimum atomic E-state index is 0.669. The summed E-state index contributed by atoms with van der Waals surface area (Å²) in [7, 11) is 1.66. The van der Waals surface area contributed by atoms with Crippen molar-refractivity contribution in [1.82, 2.24) is 9.78 Å². The number of fused-ring (bicyclic) bond motifs is 1. The van der Waals surface area contributed by atoms with E-state index in [0.717, 1.165) is 42.3 Å². The molecular formula is C17H16ClN3OS. The Kier molecular flexibility index (Phi) is 3.75. The highest BCUT2D eigenvalue weighted by Gasteiger charge is 2.24. The molecule has 0 aliphatic carbocycles. The molecule has 1 aliphatic heterocycles. The molecule has 0 atom stereocenters. The number of methoxy groups -OCH3 is 1. The van der Waals surface area contributed by atoms with Crippen LogP contribution in [0.3, 0.4) is 0 Å². The molecule has 3 aromatic rings. The Labute approximate surface area is 143 Å². The van der Waals surface area contributed by atoms with E-state index >= 15 is 0 Å². The highest BCUT2D eigenvalue weighted by atomic mass is 35.5. The monoisotopic (exact) mass is 345 g/mol. The minimum absolute atomic E-state index is 0.669. The lowest BCUT2D eigenvalue weighted by Gasteiger charge is -2.11. The standard InChI is InChI=1S/C17H16ClN3OS/c1-22-16-5-4-11(18)9-15(16)21-17-13(6-7-19-17)14(20-21)10-12-3-2-8-23-12/h2-5,8-9,19H,6-7,10H2,1H3. The Balaban J connectivity index is 1.82. The molecule has 0 spiro atoms. The van der Waals surface area contributed by atoms with Crippen molar-refractivity contribution in [2.45, 2.75) is 12.8 Å². The van der Waals surface area contributed by atoms with E-state index in [9.17, 15) is 0 Å². The Bertz CT molecular complexity index is 842. The number of thiophene rings is 1. The van der Waals surface area contributed by atoms with Crippen molar-refractivity contribution in [3.63, 3.8) is 0 Å². The molecule has 0 bridgehead atoms. The van der Waals surface area contributed by atoms with E-state index in [-0.39, 0.29) is 0 Å². The summed E-state index contributed by atoms with van der Waals surface area (Å²) >= 11 is 7.94. The van der Waals surface area contributed by atoms with Gasteiger partial charge in [-0.1, -0.05) is 17.7 Å². The second-order valence-electron chi connectivity index (χ2n) is 5.43. The zero-order chi connectivity index (χ0) is 15.8. The van der Waals surface area contributed by atoms with Gasteiger partial charge in [-0.25, -0.2) is 4.68 Å². The summed E-state index contributed by atoms with van der Waals surface area (Å²) in [5.41, 5.74) is 3.28. The van der Waals surface area contributed by atoms with Crippen LogP contribution in [-0.2, 0) is 12.8 Å². The van der Waals surface area contributed by atoms with Gasteiger partial charge in [0.2, 0.25) is 0 Å². The smallest absolute Gasteiger partial charge is 0.144 e. The largest absolute Gasteiger partial charge is 0.494 e. The predicted octanol–water partition coefficient (Wildman–Crippen LogP) is 4.15. The van der Waals surface area contributed by atoms with Crippen LogP contribution < -0.4 is 10.1 Å². The van der Waals surface area contributed by atoms with Crippen LogP contribution in [0.4, 0.5) is 5.82 Å². The third kappa shape index (κ3) is 2.60. The number of hydrogen-bond acceptors (Lipinski definition) is 4. The molecule has 3 heterocycles. The molecule has 4 rings (SSSR count). The molecule has 0 unspecified atom stereocenters. The fourth-order valence-electron chi connectivity index (χ4n) is 2.97. The quantitative estimate of drug-likeness (QED) is 0.772. The average Bonchev–Trinajstić information content (AvgIpc) is 3.26. The molecule has 1 aromatic carbocycles. The Morgan fingerprint density at radius 2 is 2.30 bits per heavy atom. The minimum Gasteiger partial charge on any atom is -0.494 e. The SMILES string of the molecule is COc1ccc(Cl)cc1-n1nc(Cc2cccs2)c2c1NCC2. The Morgan fingerprint density at radius 3 is 3.09 bits per heavy atom. The van der Waals surface area contributed by atoms with Gasteiger partial charge in [0.25, 0.3) is 0 Å². The maximum Gasteiger partial charge on any atom is 0.144 e. The molecule has 0 radical (unpaired) electrons. The summed E-state index contributed by atoms with van der Waals surface area (Å²) in [6.45, 7) is 0.938. The van der Waals surface area contributed by atoms with Crippen LogP contribution in [0.2, 0.25) is 5.02 Å². The van der Waals surface area contributed by atoms with Crippen molar-refractivity contribution in [2.24, 2.45) is 0 Å². The van der Waals surface area contributed by atoms with Gasteiger partial charge in [0.15, 0.2) is 0 Å². The molecule has 4 nitrogen and oxygen atoms in total. The van der Waals surface area contributed by atoms with Gasteiger partial charge in [-0.2, -0.15) is 5.10 Å². The summed E-state index contributed by atoms with van der Waals surface area (Å²) in [4.78, 5) is 1.32. The van der Waals surface area contributed by atoms with Gasteiger partial charge in [-0.3, -0.25) is 0 Å². The molecule has 6 heteroatoms. The number of hydrogen-bond donors (Lipinski definition) is 1. The summed E-state index contributed by atoms with van der Waals surface area (Å²) in [6.07, 6.45) is 1.86. The van der Waals surface area contributed by atoms with Crippen LogP contribution in [0.15, 0.2) is 35.7 Å². The molecule has 2 aromatic heterocycles. The van der Waals surface area contributed by atoms with Gasteiger partial charge in [-0.05, 0) is 36.1 Å². The number of nitrogens with one attached hydrogen (secondary N) is 1. The molecule has 23 heavy (non-hydrogen) atoms. The molecule has 0 amide bonds. The first-order valence-electron chi connectivity index (χ1n) is 7.47. The fourth-order valence-corrected chi connectivity index (χ4v) is 3.84.